The van der Waals surface area contributed by atoms with Crippen molar-refractivity contribution in [3.05, 3.63) is 36.0 Å². The fourth-order valence-corrected chi connectivity index (χ4v) is 3.57. The maximum Gasteiger partial charge on any atom is 0.193 e. The van der Waals surface area contributed by atoms with Crippen LogP contribution in [0.25, 0.3) is 10.9 Å². The number of guanidine groups is 1. The summed E-state index contributed by atoms with van der Waals surface area (Å²) in [6.07, 6.45) is 1.31. The summed E-state index contributed by atoms with van der Waals surface area (Å²) in [5.41, 5.74) is 2.38. The van der Waals surface area contributed by atoms with Crippen LogP contribution in [0.15, 0.2) is 35.3 Å². The third kappa shape index (κ3) is 3.26. The number of nitrogens with zero attached hydrogens (tertiary/aromatic N) is 2. The molecule has 1 aromatic heterocycles. The molecule has 2 N–H and O–H groups in total. The van der Waals surface area contributed by atoms with Crippen molar-refractivity contribution in [2.24, 2.45) is 16.8 Å². The number of likely N-dealkylation sites (tertiary alicyclic amines) is 1. The Hall–Kier alpha value is -1.97. The lowest BCUT2D eigenvalue weighted by Crippen LogP contribution is -2.48. The van der Waals surface area contributed by atoms with Gasteiger partial charge in [0.25, 0.3) is 0 Å². The molecule has 4 heteroatoms. The van der Waals surface area contributed by atoms with Crippen molar-refractivity contribution in [3.8, 4) is 0 Å². The van der Waals surface area contributed by atoms with Gasteiger partial charge in [-0.25, -0.2) is 0 Å². The van der Waals surface area contributed by atoms with Gasteiger partial charge in [-0.3, -0.25) is 4.99 Å². The van der Waals surface area contributed by atoms with Gasteiger partial charge in [-0.15, -0.1) is 0 Å². The number of aromatic nitrogens is 1. The monoisotopic (exact) mass is 298 g/mol. The van der Waals surface area contributed by atoms with E-state index in [4.69, 9.17) is 0 Å². The molecule has 3 rings (SSSR count). The zero-order valence-corrected chi connectivity index (χ0v) is 13.8. The van der Waals surface area contributed by atoms with Crippen LogP contribution >= 0.6 is 0 Å². The number of H-pyrrole nitrogens is 1. The molecule has 1 saturated heterocycles. The summed E-state index contributed by atoms with van der Waals surface area (Å²) in [5, 5.41) is 4.76. The van der Waals surface area contributed by atoms with Gasteiger partial charge in [-0.2, -0.15) is 0 Å². The van der Waals surface area contributed by atoms with E-state index in [-0.39, 0.29) is 0 Å². The summed E-state index contributed by atoms with van der Waals surface area (Å²) >= 11 is 0. The zero-order chi connectivity index (χ0) is 15.5. The van der Waals surface area contributed by atoms with Gasteiger partial charge in [0.05, 0.1) is 6.54 Å². The number of hydrogen-bond acceptors (Lipinski definition) is 1. The summed E-state index contributed by atoms with van der Waals surface area (Å²) in [6.45, 7) is 7.62. The van der Waals surface area contributed by atoms with Crippen molar-refractivity contribution in [1.29, 1.82) is 0 Å². The first kappa shape index (κ1) is 14.9. The molecule has 0 amide bonds. The number of aliphatic imine (C=N–C) groups is 1. The molecule has 1 fully saturated rings. The number of piperidine rings is 1. The fourth-order valence-electron chi connectivity index (χ4n) is 3.57. The first-order valence-electron chi connectivity index (χ1n) is 8.18. The van der Waals surface area contributed by atoms with Gasteiger partial charge in [0, 0.05) is 31.3 Å². The van der Waals surface area contributed by atoms with Crippen LogP contribution in [0.3, 0.4) is 0 Å². The molecule has 2 heterocycles. The molecule has 2 aromatic rings. The summed E-state index contributed by atoms with van der Waals surface area (Å²) in [5.74, 6) is 2.47. The van der Waals surface area contributed by atoms with Gasteiger partial charge < -0.3 is 15.2 Å². The normalized spacial score (nSPS) is 23.0. The summed E-state index contributed by atoms with van der Waals surface area (Å²) in [6, 6.07) is 10.6. The maximum absolute atomic E-state index is 4.47. The van der Waals surface area contributed by atoms with Gasteiger partial charge in [0.2, 0.25) is 0 Å². The Labute approximate surface area is 132 Å². The lowest BCUT2D eigenvalue weighted by molar-refractivity contribution is 0.208. The van der Waals surface area contributed by atoms with Crippen LogP contribution in [0.4, 0.5) is 0 Å². The third-order valence-electron chi connectivity index (χ3n) is 4.40. The van der Waals surface area contributed by atoms with Gasteiger partial charge in [0.1, 0.15) is 0 Å². The van der Waals surface area contributed by atoms with Crippen LogP contribution in [-0.4, -0.2) is 36.0 Å². The number of para-hydroxylation sites is 1. The minimum atomic E-state index is 0.732. The second-order valence-corrected chi connectivity index (χ2v) is 6.63. The molecule has 1 aliphatic heterocycles. The molecule has 0 saturated carbocycles. The van der Waals surface area contributed by atoms with Gasteiger partial charge >= 0.3 is 0 Å². The smallest absolute Gasteiger partial charge is 0.193 e. The van der Waals surface area contributed by atoms with Crippen molar-refractivity contribution in [2.75, 3.05) is 20.1 Å². The Balaban J connectivity index is 1.65. The second-order valence-electron chi connectivity index (χ2n) is 6.63. The van der Waals surface area contributed by atoms with Crippen molar-refractivity contribution in [2.45, 2.75) is 26.8 Å². The number of benzene rings is 1. The van der Waals surface area contributed by atoms with Crippen molar-refractivity contribution >= 4 is 16.9 Å². The molecule has 2 atom stereocenters. The van der Waals surface area contributed by atoms with E-state index in [1.54, 1.807) is 0 Å². The Bertz CT molecular complexity index is 615. The minimum absolute atomic E-state index is 0.732. The highest BCUT2D eigenvalue weighted by Gasteiger charge is 2.23. The predicted molar refractivity (Wildman–Crippen MR) is 93.0 cm³/mol. The average Bonchev–Trinajstić information content (AvgIpc) is 2.89. The number of hydrogen-bond donors (Lipinski definition) is 2. The van der Waals surface area contributed by atoms with E-state index in [9.17, 15) is 0 Å². The van der Waals surface area contributed by atoms with E-state index in [2.05, 4.69) is 64.4 Å². The lowest BCUT2D eigenvalue weighted by Gasteiger charge is -2.37. The van der Waals surface area contributed by atoms with E-state index in [1.165, 1.54) is 23.0 Å². The molecule has 0 aliphatic carbocycles. The Kier molecular flexibility index (Phi) is 4.36. The Morgan fingerprint density at radius 3 is 2.68 bits per heavy atom. The largest absolute Gasteiger partial charge is 0.357 e. The zero-order valence-electron chi connectivity index (χ0n) is 13.8. The molecule has 118 valence electrons. The molecular weight excluding hydrogens is 272 g/mol. The van der Waals surface area contributed by atoms with Crippen molar-refractivity contribution in [3.63, 3.8) is 0 Å². The highest BCUT2D eigenvalue weighted by Crippen LogP contribution is 2.21. The van der Waals surface area contributed by atoms with E-state index < -0.39 is 0 Å². The van der Waals surface area contributed by atoms with Crippen LogP contribution in [0, 0.1) is 11.8 Å². The standard InChI is InChI=1S/C18H26N4/c1-13-8-14(2)12-22(11-13)18(19-3)20-10-16-9-15-6-4-5-7-17(15)21-16/h4-7,9,13-14,21H,8,10-12H2,1-3H3,(H,19,20). The van der Waals surface area contributed by atoms with E-state index in [0.717, 1.165) is 37.4 Å². The quantitative estimate of drug-likeness (QED) is 0.660. The van der Waals surface area contributed by atoms with Crippen LogP contribution < -0.4 is 5.32 Å². The summed E-state index contributed by atoms with van der Waals surface area (Å²) < 4.78 is 0. The van der Waals surface area contributed by atoms with Crippen LogP contribution in [0.5, 0.6) is 0 Å². The molecule has 1 aromatic carbocycles. The molecular formula is C18H26N4. The number of nitrogens with one attached hydrogen (secondary N) is 2. The topological polar surface area (TPSA) is 43.4 Å². The molecule has 1 aliphatic rings. The Morgan fingerprint density at radius 1 is 1.27 bits per heavy atom. The van der Waals surface area contributed by atoms with Gasteiger partial charge in [-0.05, 0) is 35.8 Å². The highest BCUT2D eigenvalue weighted by atomic mass is 15.3. The highest BCUT2D eigenvalue weighted by molar-refractivity contribution is 5.82. The minimum Gasteiger partial charge on any atom is -0.357 e. The number of fused-ring (bicyclic) bond motifs is 1. The number of aromatic amines is 1. The SMILES string of the molecule is CN=C(NCc1cc2ccccc2[nH]1)N1CC(C)CC(C)C1. The lowest BCUT2D eigenvalue weighted by atomic mass is 9.92. The predicted octanol–water partition coefficient (Wildman–Crippen LogP) is 3.22. The van der Waals surface area contributed by atoms with Gasteiger partial charge in [-0.1, -0.05) is 32.0 Å². The maximum atomic E-state index is 4.47. The molecule has 0 bridgehead atoms. The molecule has 4 nitrogen and oxygen atoms in total. The van der Waals surface area contributed by atoms with Crippen LogP contribution in [0.2, 0.25) is 0 Å². The van der Waals surface area contributed by atoms with Crippen LogP contribution in [0.1, 0.15) is 26.0 Å². The third-order valence-corrected chi connectivity index (χ3v) is 4.40. The van der Waals surface area contributed by atoms with E-state index >= 15 is 0 Å². The van der Waals surface area contributed by atoms with E-state index in [0.29, 0.717) is 0 Å². The molecule has 2 unspecified atom stereocenters. The first-order chi connectivity index (χ1) is 10.7. The summed E-state index contributed by atoms with van der Waals surface area (Å²) in [4.78, 5) is 10.3. The fraction of sp³-hybridized carbons (Fsp3) is 0.500. The van der Waals surface area contributed by atoms with Crippen LogP contribution in [-0.2, 0) is 6.54 Å². The van der Waals surface area contributed by atoms with Gasteiger partial charge in [0.15, 0.2) is 5.96 Å². The second kappa shape index (κ2) is 6.42. The first-order valence-corrected chi connectivity index (χ1v) is 8.18. The van der Waals surface area contributed by atoms with Crippen molar-refractivity contribution in [1.82, 2.24) is 15.2 Å². The van der Waals surface area contributed by atoms with Crippen molar-refractivity contribution < 1.29 is 0 Å². The number of rotatable bonds is 2. The average molecular weight is 298 g/mol. The molecule has 22 heavy (non-hydrogen) atoms. The molecule has 0 spiro atoms. The Morgan fingerprint density at radius 2 is 2.00 bits per heavy atom. The van der Waals surface area contributed by atoms with E-state index in [1.807, 2.05) is 7.05 Å². The summed E-state index contributed by atoms with van der Waals surface area (Å²) in [7, 11) is 1.87. The molecule has 0 radical (unpaired) electrons.